The lowest BCUT2D eigenvalue weighted by Crippen LogP contribution is -2.45. The summed E-state index contributed by atoms with van der Waals surface area (Å²) in [5.74, 6) is 0. The summed E-state index contributed by atoms with van der Waals surface area (Å²) >= 11 is 11.4. The molecule has 1 amide bonds. The van der Waals surface area contributed by atoms with Gasteiger partial charge in [0.1, 0.15) is 0 Å². The van der Waals surface area contributed by atoms with Crippen molar-refractivity contribution in [3.05, 3.63) is 0 Å². The van der Waals surface area contributed by atoms with Gasteiger partial charge in [0, 0.05) is 7.11 Å². The molecule has 7 heteroatoms. The van der Waals surface area contributed by atoms with Crippen LogP contribution in [-0.4, -0.2) is 41.6 Å². The maximum Gasteiger partial charge on any atom is 0.409 e. The SMILES string of the molecule is CO[C@@H]1NC(=O)O[C@H]1C(Cl)(Cl)CO. The van der Waals surface area contributed by atoms with E-state index in [4.69, 9.17) is 37.8 Å². The van der Waals surface area contributed by atoms with Gasteiger partial charge in [-0.1, -0.05) is 23.2 Å². The molecule has 0 aromatic heterocycles. The van der Waals surface area contributed by atoms with Crippen molar-refractivity contribution in [2.75, 3.05) is 13.7 Å². The molecule has 5 nitrogen and oxygen atoms in total. The van der Waals surface area contributed by atoms with Crippen molar-refractivity contribution < 1.29 is 19.4 Å². The number of aliphatic hydroxyl groups is 1. The monoisotopic (exact) mass is 229 g/mol. The van der Waals surface area contributed by atoms with Crippen LogP contribution in [0.1, 0.15) is 0 Å². The van der Waals surface area contributed by atoms with Gasteiger partial charge >= 0.3 is 6.09 Å². The maximum atomic E-state index is 10.8. The summed E-state index contributed by atoms with van der Waals surface area (Å²) in [6, 6.07) is 0. The lowest BCUT2D eigenvalue weighted by atomic mass is 10.2. The number of halogens is 2. The van der Waals surface area contributed by atoms with E-state index in [9.17, 15) is 4.79 Å². The molecule has 1 saturated heterocycles. The maximum absolute atomic E-state index is 10.8. The van der Waals surface area contributed by atoms with Gasteiger partial charge in [0.25, 0.3) is 0 Å². The molecular weight excluding hydrogens is 221 g/mol. The number of methoxy groups -OCH3 is 1. The van der Waals surface area contributed by atoms with Crippen molar-refractivity contribution in [1.82, 2.24) is 5.32 Å². The molecule has 0 unspecified atom stereocenters. The molecule has 0 aliphatic carbocycles. The zero-order chi connectivity index (χ0) is 10.1. The summed E-state index contributed by atoms with van der Waals surface area (Å²) < 4.78 is 8.01. The predicted octanol–water partition coefficient (Wildman–Crippen LogP) is 0.234. The van der Waals surface area contributed by atoms with Crippen molar-refractivity contribution >= 4 is 29.3 Å². The third-order valence-electron chi connectivity index (χ3n) is 1.65. The van der Waals surface area contributed by atoms with E-state index in [0.717, 1.165) is 0 Å². The number of alkyl halides is 2. The molecule has 76 valence electrons. The van der Waals surface area contributed by atoms with E-state index >= 15 is 0 Å². The molecule has 0 saturated carbocycles. The molecule has 2 atom stereocenters. The first-order valence-corrected chi connectivity index (χ1v) is 4.25. The Kier molecular flexibility index (Phi) is 3.23. The Balaban J connectivity index is 2.73. The van der Waals surface area contributed by atoms with E-state index in [0.29, 0.717) is 0 Å². The number of hydrogen-bond donors (Lipinski definition) is 2. The molecule has 0 bridgehead atoms. The Morgan fingerprint density at radius 2 is 2.38 bits per heavy atom. The Morgan fingerprint density at radius 3 is 2.85 bits per heavy atom. The van der Waals surface area contributed by atoms with Crippen molar-refractivity contribution in [3.8, 4) is 0 Å². The molecule has 0 radical (unpaired) electrons. The first kappa shape index (κ1) is 10.8. The molecule has 13 heavy (non-hydrogen) atoms. The number of carbonyl (C=O) groups excluding carboxylic acids is 1. The van der Waals surface area contributed by atoms with E-state index in [2.05, 4.69) is 5.32 Å². The van der Waals surface area contributed by atoms with Crippen LogP contribution in [0.3, 0.4) is 0 Å². The summed E-state index contributed by atoms with van der Waals surface area (Å²) in [5, 5.41) is 11.1. The largest absolute Gasteiger partial charge is 0.438 e. The van der Waals surface area contributed by atoms with Gasteiger partial charge in [0.15, 0.2) is 16.7 Å². The minimum absolute atomic E-state index is 0.532. The average Bonchev–Trinajstić information content (AvgIpc) is 2.47. The Hall–Kier alpha value is -0.230. The predicted molar refractivity (Wildman–Crippen MR) is 45.7 cm³/mol. The van der Waals surface area contributed by atoms with Gasteiger partial charge in [-0.05, 0) is 0 Å². The quantitative estimate of drug-likeness (QED) is 0.681. The Morgan fingerprint density at radius 1 is 1.77 bits per heavy atom. The smallest absolute Gasteiger partial charge is 0.409 e. The Bertz CT molecular complexity index is 211. The number of nitrogens with one attached hydrogen (secondary N) is 1. The highest BCUT2D eigenvalue weighted by atomic mass is 35.5. The highest BCUT2D eigenvalue weighted by Gasteiger charge is 2.48. The van der Waals surface area contributed by atoms with Crippen LogP contribution in [0.2, 0.25) is 0 Å². The zero-order valence-corrected chi connectivity index (χ0v) is 8.30. The first-order chi connectivity index (χ1) is 6.01. The van der Waals surface area contributed by atoms with E-state index < -0.39 is 29.4 Å². The Labute approximate surface area is 84.9 Å². The van der Waals surface area contributed by atoms with Crippen molar-refractivity contribution in [1.29, 1.82) is 0 Å². The second kappa shape index (κ2) is 3.88. The number of alkyl carbamates (subject to hydrolysis) is 1. The molecule has 1 aliphatic rings. The highest BCUT2D eigenvalue weighted by Crippen LogP contribution is 2.31. The van der Waals surface area contributed by atoms with Crippen molar-refractivity contribution in [2.45, 2.75) is 16.7 Å². The third-order valence-corrected chi connectivity index (χ3v) is 2.32. The standard InChI is InChI=1S/C6H9Cl2NO4/c1-12-4-3(6(7,8)2-10)13-5(11)9-4/h3-4,10H,2H2,1H3,(H,9,11)/t3-,4+/m1/s1. The normalized spacial score (nSPS) is 28.5. The summed E-state index contributed by atoms with van der Waals surface area (Å²) in [5.41, 5.74) is 0. The second-order valence-electron chi connectivity index (χ2n) is 2.55. The van der Waals surface area contributed by atoms with Crippen molar-refractivity contribution in [3.63, 3.8) is 0 Å². The van der Waals surface area contributed by atoms with Crippen LogP contribution in [-0.2, 0) is 9.47 Å². The second-order valence-corrected chi connectivity index (χ2v) is 4.09. The first-order valence-electron chi connectivity index (χ1n) is 3.50. The van der Waals surface area contributed by atoms with Gasteiger partial charge in [-0.2, -0.15) is 0 Å². The molecule has 0 aromatic rings. The van der Waals surface area contributed by atoms with E-state index in [-0.39, 0.29) is 0 Å². The lowest BCUT2D eigenvalue weighted by molar-refractivity contribution is 0.00507. The number of aliphatic hydroxyl groups excluding tert-OH is 1. The molecule has 0 spiro atoms. The summed E-state index contributed by atoms with van der Waals surface area (Å²) in [4.78, 5) is 10.8. The van der Waals surface area contributed by atoms with E-state index in [1.54, 1.807) is 0 Å². The van der Waals surface area contributed by atoms with Crippen LogP contribution in [0.15, 0.2) is 0 Å². The molecule has 1 fully saturated rings. The molecule has 2 N–H and O–H groups in total. The van der Waals surface area contributed by atoms with Crippen LogP contribution in [0.4, 0.5) is 4.79 Å². The van der Waals surface area contributed by atoms with Crippen LogP contribution in [0, 0.1) is 0 Å². The zero-order valence-electron chi connectivity index (χ0n) is 6.79. The number of rotatable bonds is 3. The fourth-order valence-corrected chi connectivity index (χ4v) is 1.30. The molecule has 1 heterocycles. The van der Waals surface area contributed by atoms with Crippen molar-refractivity contribution in [2.24, 2.45) is 0 Å². The molecule has 1 aliphatic heterocycles. The minimum atomic E-state index is -1.56. The number of ether oxygens (including phenoxy) is 2. The third kappa shape index (κ3) is 2.17. The summed E-state index contributed by atoms with van der Waals surface area (Å²) in [6.07, 6.45) is -2.33. The van der Waals surface area contributed by atoms with Crippen LogP contribution in [0.5, 0.6) is 0 Å². The summed E-state index contributed by atoms with van der Waals surface area (Å²) in [6.45, 7) is -0.532. The number of carbonyl (C=O) groups is 1. The van der Waals surface area contributed by atoms with Gasteiger partial charge < -0.3 is 14.6 Å². The van der Waals surface area contributed by atoms with Crippen LogP contribution >= 0.6 is 23.2 Å². The summed E-state index contributed by atoms with van der Waals surface area (Å²) in [7, 11) is 1.37. The average molecular weight is 230 g/mol. The van der Waals surface area contributed by atoms with Crippen LogP contribution in [0.25, 0.3) is 0 Å². The van der Waals surface area contributed by atoms with Gasteiger partial charge in [-0.25, -0.2) is 4.79 Å². The van der Waals surface area contributed by atoms with Gasteiger partial charge in [0.05, 0.1) is 6.61 Å². The number of hydrogen-bond acceptors (Lipinski definition) is 4. The molecule has 1 rings (SSSR count). The molecule has 0 aromatic carbocycles. The topological polar surface area (TPSA) is 67.8 Å². The highest BCUT2D eigenvalue weighted by molar-refractivity contribution is 6.49. The van der Waals surface area contributed by atoms with E-state index in [1.807, 2.05) is 0 Å². The number of cyclic esters (lactones) is 1. The minimum Gasteiger partial charge on any atom is -0.438 e. The van der Waals surface area contributed by atoms with Gasteiger partial charge in [0.2, 0.25) is 0 Å². The lowest BCUT2D eigenvalue weighted by Gasteiger charge is -2.25. The molecular formula is C6H9Cl2NO4. The van der Waals surface area contributed by atoms with E-state index in [1.165, 1.54) is 7.11 Å². The van der Waals surface area contributed by atoms with Crippen LogP contribution < -0.4 is 5.32 Å². The van der Waals surface area contributed by atoms with Gasteiger partial charge in [-0.15, -0.1) is 0 Å². The van der Waals surface area contributed by atoms with Gasteiger partial charge in [-0.3, -0.25) is 5.32 Å². The number of amides is 1. The fraction of sp³-hybridized carbons (Fsp3) is 0.833. The fourth-order valence-electron chi connectivity index (χ4n) is 0.983.